The first kappa shape index (κ1) is 12.7. The van der Waals surface area contributed by atoms with Gasteiger partial charge < -0.3 is 0 Å². The second kappa shape index (κ2) is 7.10. The smallest absolute Gasteiger partial charge is 0.150 e. The van der Waals surface area contributed by atoms with Gasteiger partial charge in [0.05, 0.1) is 0 Å². The molecule has 0 bridgehead atoms. The van der Waals surface area contributed by atoms with Crippen molar-refractivity contribution in [1.82, 2.24) is 0 Å². The number of hydrogen-bond donors (Lipinski definition) is 0. The lowest BCUT2D eigenvalue weighted by Crippen LogP contribution is -1.74. The number of hydrogen-bond acceptors (Lipinski definition) is 1. The zero-order chi connectivity index (χ0) is 11.0. The van der Waals surface area contributed by atoms with Gasteiger partial charge in [-0.1, -0.05) is 48.5 Å². The topological polar surface area (TPSA) is 17.1 Å². The van der Waals surface area contributed by atoms with E-state index in [-0.39, 0.29) is 0 Å². The number of carbonyl (C=O) groups excluding carboxylic acids is 1. The molecule has 0 radical (unpaired) electrons. The molecule has 0 heterocycles. The third-order valence-corrected chi connectivity index (χ3v) is 1.61. The maximum atomic E-state index is 10.1. The molecule has 0 aromatic heterocycles. The lowest BCUT2D eigenvalue weighted by atomic mass is 10.2. The van der Waals surface area contributed by atoms with Crippen molar-refractivity contribution in [3.05, 3.63) is 59.7 Å². The second-order valence-electron chi connectivity index (χ2n) is 2.72. The molecule has 0 aliphatic carbocycles. The second-order valence-corrected chi connectivity index (χ2v) is 3.16. The van der Waals surface area contributed by atoms with Crippen LogP contribution in [-0.2, 0) is 0 Å². The maximum Gasteiger partial charge on any atom is 0.150 e. The van der Waals surface area contributed by atoms with Crippen LogP contribution < -0.4 is 0 Å². The molecule has 14 heavy (non-hydrogen) atoms. The summed E-state index contributed by atoms with van der Waals surface area (Å²) in [6.45, 7) is 8.93. The number of rotatable bonds is 2. The number of carbonyl (C=O) groups is 1. The molecule has 1 aromatic carbocycles. The Labute approximate surface area is 89.7 Å². The van der Waals surface area contributed by atoms with E-state index in [0.29, 0.717) is 10.6 Å². The summed E-state index contributed by atoms with van der Waals surface area (Å²) in [4.78, 5) is 10.1. The highest BCUT2D eigenvalue weighted by molar-refractivity contribution is 6.30. The third-order valence-electron chi connectivity index (χ3n) is 1.35. The van der Waals surface area contributed by atoms with E-state index in [2.05, 4.69) is 13.2 Å². The predicted octanol–water partition coefficient (Wildman–Crippen LogP) is 3.90. The zero-order valence-corrected chi connectivity index (χ0v) is 8.92. The van der Waals surface area contributed by atoms with Crippen LogP contribution in [0.5, 0.6) is 0 Å². The van der Waals surface area contributed by atoms with E-state index in [1.165, 1.54) is 0 Å². The fourth-order valence-electron chi connectivity index (χ4n) is 0.541. The van der Waals surface area contributed by atoms with Crippen LogP contribution in [0.15, 0.2) is 49.1 Å². The van der Waals surface area contributed by atoms with Crippen LogP contribution in [-0.4, -0.2) is 6.29 Å². The summed E-state index contributed by atoms with van der Waals surface area (Å²) in [5.41, 5.74) is 1.67. The molecule has 0 saturated carbocycles. The van der Waals surface area contributed by atoms with Gasteiger partial charge in [-0.2, -0.15) is 0 Å². The van der Waals surface area contributed by atoms with Crippen molar-refractivity contribution in [2.75, 3.05) is 0 Å². The summed E-state index contributed by atoms with van der Waals surface area (Å²) in [6.07, 6.45) is 2.51. The number of benzene rings is 1. The molecule has 1 rings (SSSR count). The summed E-state index contributed by atoms with van der Waals surface area (Å²) >= 11 is 5.55. The number of halogens is 1. The minimum Gasteiger partial charge on any atom is -0.298 e. The first-order valence-corrected chi connectivity index (χ1v) is 4.46. The van der Waals surface area contributed by atoms with E-state index in [9.17, 15) is 4.79 Å². The Bertz CT molecular complexity index is 312. The Morgan fingerprint density at radius 1 is 1.36 bits per heavy atom. The summed E-state index contributed by atoms with van der Waals surface area (Å²) in [6, 6.07) is 6.72. The molecule has 0 N–H and O–H groups in total. The van der Waals surface area contributed by atoms with E-state index < -0.39 is 0 Å². The Morgan fingerprint density at radius 2 is 1.79 bits per heavy atom. The number of allylic oxidation sites excluding steroid dienone is 2. The van der Waals surface area contributed by atoms with Crippen LogP contribution >= 0.6 is 11.6 Å². The summed E-state index contributed by atoms with van der Waals surface area (Å²) in [5, 5.41) is 0.653. The molecule has 0 atom stereocenters. The highest BCUT2D eigenvalue weighted by Gasteiger charge is 1.86. The fraction of sp³-hybridized carbons (Fsp3) is 0.0833. The molecular weight excluding hydrogens is 196 g/mol. The Morgan fingerprint density at radius 3 is 2.07 bits per heavy atom. The van der Waals surface area contributed by atoms with Gasteiger partial charge >= 0.3 is 0 Å². The summed E-state index contributed by atoms with van der Waals surface area (Å²) in [7, 11) is 0. The molecular formula is C12H13ClO. The van der Waals surface area contributed by atoms with Crippen molar-refractivity contribution in [3.8, 4) is 0 Å². The lowest BCUT2D eigenvalue weighted by Gasteiger charge is -1.87. The molecule has 0 aliphatic heterocycles. The van der Waals surface area contributed by atoms with Crippen molar-refractivity contribution in [2.45, 2.75) is 6.92 Å². The largest absolute Gasteiger partial charge is 0.298 e. The van der Waals surface area contributed by atoms with Gasteiger partial charge in [-0.05, 0) is 19.1 Å². The highest BCUT2D eigenvalue weighted by atomic mass is 35.5. The molecule has 0 unspecified atom stereocenters. The van der Waals surface area contributed by atoms with Gasteiger partial charge in [0.2, 0.25) is 0 Å². The van der Waals surface area contributed by atoms with Gasteiger partial charge in [0.1, 0.15) is 6.29 Å². The molecule has 0 aliphatic rings. The SMILES string of the molecule is C=CC(=C)C.O=Cc1ccc(Cl)cc1. The van der Waals surface area contributed by atoms with Crippen LogP contribution in [0.4, 0.5) is 0 Å². The summed E-state index contributed by atoms with van der Waals surface area (Å²) in [5.74, 6) is 0. The average Bonchev–Trinajstić information content (AvgIpc) is 2.20. The molecule has 74 valence electrons. The van der Waals surface area contributed by atoms with Crippen LogP contribution in [0.3, 0.4) is 0 Å². The van der Waals surface area contributed by atoms with Crippen molar-refractivity contribution < 1.29 is 4.79 Å². The Balaban J connectivity index is 0.000000292. The van der Waals surface area contributed by atoms with Crippen LogP contribution in [0.1, 0.15) is 17.3 Å². The minimum atomic E-state index is 0.652. The average molecular weight is 209 g/mol. The number of aldehydes is 1. The molecule has 2 heteroatoms. The van der Waals surface area contributed by atoms with Crippen molar-refractivity contribution >= 4 is 17.9 Å². The van der Waals surface area contributed by atoms with Crippen LogP contribution in [0.25, 0.3) is 0 Å². The molecule has 0 fully saturated rings. The van der Waals surface area contributed by atoms with Gasteiger partial charge in [0.15, 0.2) is 0 Å². The van der Waals surface area contributed by atoms with Gasteiger partial charge in [0, 0.05) is 10.6 Å². The van der Waals surface area contributed by atoms with Crippen molar-refractivity contribution in [3.63, 3.8) is 0 Å². The van der Waals surface area contributed by atoms with E-state index in [4.69, 9.17) is 11.6 Å². The highest BCUT2D eigenvalue weighted by Crippen LogP contribution is 2.07. The predicted molar refractivity (Wildman–Crippen MR) is 61.9 cm³/mol. The fourth-order valence-corrected chi connectivity index (χ4v) is 0.667. The van der Waals surface area contributed by atoms with Gasteiger partial charge in [0.25, 0.3) is 0 Å². The third kappa shape index (κ3) is 6.21. The zero-order valence-electron chi connectivity index (χ0n) is 8.16. The van der Waals surface area contributed by atoms with Crippen LogP contribution in [0.2, 0.25) is 5.02 Å². The van der Waals surface area contributed by atoms with Crippen LogP contribution in [0, 0.1) is 0 Å². The van der Waals surface area contributed by atoms with E-state index in [0.717, 1.165) is 11.9 Å². The molecule has 1 nitrogen and oxygen atoms in total. The minimum absolute atomic E-state index is 0.652. The Hall–Kier alpha value is -1.34. The van der Waals surface area contributed by atoms with Crippen molar-refractivity contribution in [1.29, 1.82) is 0 Å². The first-order chi connectivity index (χ1) is 6.60. The standard InChI is InChI=1S/C7H5ClO.C5H8/c8-7-3-1-6(5-9)2-4-7;1-4-5(2)3/h1-5H;4H,1-2H2,3H3. The maximum absolute atomic E-state index is 10.1. The molecule has 1 aromatic rings. The van der Waals surface area contributed by atoms with Gasteiger partial charge in [-0.3, -0.25) is 4.79 Å². The quantitative estimate of drug-likeness (QED) is 0.532. The molecule has 0 amide bonds. The van der Waals surface area contributed by atoms with Gasteiger partial charge in [-0.15, -0.1) is 0 Å². The normalized spacial score (nSPS) is 8.14. The van der Waals surface area contributed by atoms with E-state index in [1.807, 2.05) is 6.92 Å². The molecule has 0 spiro atoms. The first-order valence-electron chi connectivity index (χ1n) is 4.09. The van der Waals surface area contributed by atoms with Gasteiger partial charge in [-0.25, -0.2) is 0 Å². The van der Waals surface area contributed by atoms with E-state index in [1.54, 1.807) is 30.3 Å². The monoisotopic (exact) mass is 208 g/mol. The Kier molecular flexibility index (Phi) is 6.42. The lowest BCUT2D eigenvalue weighted by molar-refractivity contribution is 0.112. The van der Waals surface area contributed by atoms with Crippen molar-refractivity contribution in [2.24, 2.45) is 0 Å². The summed E-state index contributed by atoms with van der Waals surface area (Å²) < 4.78 is 0. The molecule has 0 saturated heterocycles. The van der Waals surface area contributed by atoms with E-state index >= 15 is 0 Å².